The average molecular weight is 620 g/mol. The number of nitrogens with zero attached hydrogens (tertiary/aromatic N) is 5. The Kier molecular flexibility index (Phi) is 7.94. The van der Waals surface area contributed by atoms with Crippen LogP contribution in [0.3, 0.4) is 0 Å². The number of hydrogen-bond donors (Lipinski definition) is 3. The third kappa shape index (κ3) is 5.38. The highest BCUT2D eigenvalue weighted by Gasteiger charge is 2.23. The maximum absolute atomic E-state index is 12.3. The van der Waals surface area contributed by atoms with Gasteiger partial charge < -0.3 is 30.3 Å². The van der Waals surface area contributed by atoms with Gasteiger partial charge in [0.1, 0.15) is 17.1 Å². The minimum atomic E-state index is -0.320. The normalized spacial score (nSPS) is 13.3. The van der Waals surface area contributed by atoms with Gasteiger partial charge in [0.15, 0.2) is 5.65 Å². The number of fused-ring (bicyclic) bond motifs is 3. The number of rotatable bonds is 8. The molecule has 1 saturated heterocycles. The van der Waals surface area contributed by atoms with Crippen LogP contribution >= 0.6 is 23.2 Å². The minimum absolute atomic E-state index is 0.320. The predicted molar refractivity (Wildman–Crippen MR) is 170 cm³/mol. The topological polar surface area (TPSA) is 118 Å². The van der Waals surface area contributed by atoms with Crippen molar-refractivity contribution in [1.29, 1.82) is 0 Å². The number of carbonyl (C=O) groups excluding carboxylic acids is 1. The zero-order valence-electron chi connectivity index (χ0n) is 23.4. The lowest BCUT2D eigenvalue weighted by atomic mass is 10.0. The SMILES string of the molecule is C=CC(=O)Nc1cc(N2CCNCC2)ccc1Nc1ncc2cc(-c3c(Cl)c(OC)cc(OC)c3Cl)c3nccn3c2n1. The van der Waals surface area contributed by atoms with E-state index in [0.29, 0.717) is 66.7 Å². The maximum Gasteiger partial charge on any atom is 0.247 e. The Hall–Kier alpha value is -4.58. The summed E-state index contributed by atoms with van der Waals surface area (Å²) in [6.07, 6.45) is 6.40. The number of aromatic nitrogens is 4. The summed E-state index contributed by atoms with van der Waals surface area (Å²) in [7, 11) is 3.05. The number of amides is 1. The Bertz CT molecular complexity index is 1840. The molecule has 3 aromatic heterocycles. The van der Waals surface area contributed by atoms with Crippen LogP contribution in [0.2, 0.25) is 10.0 Å². The van der Waals surface area contributed by atoms with Gasteiger partial charge in [-0.1, -0.05) is 29.8 Å². The first-order valence-electron chi connectivity index (χ1n) is 13.4. The van der Waals surface area contributed by atoms with Crippen LogP contribution in [-0.2, 0) is 4.79 Å². The van der Waals surface area contributed by atoms with E-state index in [9.17, 15) is 4.79 Å². The molecule has 11 nitrogen and oxygen atoms in total. The highest BCUT2D eigenvalue weighted by Crippen LogP contribution is 2.47. The standard InChI is InChI=1S/C30H28Cl2N8O3/c1-4-24(41)36-21-14-18(39-10-7-33-8-11-39)5-6-20(21)37-30-35-16-17-13-19(29-34-9-12-40(29)28(17)38-30)25-26(31)22(42-2)15-23(43-3)27(25)32/h4-6,9,12-16,33H,1,7-8,10-11H2,2-3H3,(H,36,41)(H,35,37,38). The van der Waals surface area contributed by atoms with Crippen molar-refractivity contribution in [3.05, 3.63) is 71.6 Å². The number of piperazine rings is 1. The summed E-state index contributed by atoms with van der Waals surface area (Å²) in [6, 6.07) is 9.37. The number of anilines is 4. The molecule has 2 aromatic carbocycles. The van der Waals surface area contributed by atoms with Crippen molar-refractivity contribution in [2.24, 2.45) is 0 Å². The summed E-state index contributed by atoms with van der Waals surface area (Å²) in [6.45, 7) is 7.12. The maximum atomic E-state index is 12.3. The molecule has 3 N–H and O–H groups in total. The molecule has 1 fully saturated rings. The van der Waals surface area contributed by atoms with Crippen LogP contribution in [-0.4, -0.2) is 65.7 Å². The lowest BCUT2D eigenvalue weighted by molar-refractivity contribution is -0.111. The van der Waals surface area contributed by atoms with Crippen molar-refractivity contribution in [3.8, 4) is 22.6 Å². The first kappa shape index (κ1) is 28.5. The highest BCUT2D eigenvalue weighted by molar-refractivity contribution is 6.41. The summed E-state index contributed by atoms with van der Waals surface area (Å²) in [4.78, 5) is 28.5. The van der Waals surface area contributed by atoms with Gasteiger partial charge in [-0.25, -0.2) is 9.97 Å². The summed E-state index contributed by atoms with van der Waals surface area (Å²) in [5.41, 5.74) is 4.59. The zero-order chi connectivity index (χ0) is 30.1. The van der Waals surface area contributed by atoms with Crippen molar-refractivity contribution in [1.82, 2.24) is 24.7 Å². The number of methoxy groups -OCH3 is 2. The van der Waals surface area contributed by atoms with Crippen molar-refractivity contribution in [2.45, 2.75) is 0 Å². The number of halogens is 2. The van der Waals surface area contributed by atoms with E-state index in [0.717, 1.165) is 31.9 Å². The monoisotopic (exact) mass is 618 g/mol. The summed E-state index contributed by atoms with van der Waals surface area (Å²) in [5.74, 6) is 0.846. The smallest absolute Gasteiger partial charge is 0.247 e. The van der Waals surface area contributed by atoms with E-state index in [4.69, 9.17) is 37.7 Å². The van der Waals surface area contributed by atoms with Gasteiger partial charge in [0.2, 0.25) is 11.9 Å². The van der Waals surface area contributed by atoms with E-state index in [1.54, 1.807) is 24.7 Å². The van der Waals surface area contributed by atoms with Gasteiger partial charge in [0.05, 0.1) is 35.6 Å². The van der Waals surface area contributed by atoms with Crippen LogP contribution in [0.1, 0.15) is 0 Å². The second-order valence-corrected chi connectivity index (χ2v) is 10.5. The van der Waals surface area contributed by atoms with Crippen molar-refractivity contribution in [3.63, 3.8) is 0 Å². The quantitative estimate of drug-likeness (QED) is 0.192. The molecule has 0 saturated carbocycles. The highest BCUT2D eigenvalue weighted by atomic mass is 35.5. The van der Waals surface area contributed by atoms with Gasteiger partial charge in [-0.15, -0.1) is 0 Å². The zero-order valence-corrected chi connectivity index (χ0v) is 25.0. The van der Waals surface area contributed by atoms with Gasteiger partial charge in [0, 0.05) is 73.0 Å². The number of benzene rings is 2. The summed E-state index contributed by atoms with van der Waals surface area (Å²) < 4.78 is 12.8. The van der Waals surface area contributed by atoms with Gasteiger partial charge >= 0.3 is 0 Å². The fraction of sp³-hybridized carbons (Fsp3) is 0.200. The van der Waals surface area contributed by atoms with E-state index in [2.05, 4.69) is 37.4 Å². The van der Waals surface area contributed by atoms with E-state index >= 15 is 0 Å². The molecule has 13 heteroatoms. The molecule has 0 spiro atoms. The van der Waals surface area contributed by atoms with E-state index in [1.807, 2.05) is 28.7 Å². The largest absolute Gasteiger partial charge is 0.495 e. The van der Waals surface area contributed by atoms with Gasteiger partial charge in [0.25, 0.3) is 0 Å². The van der Waals surface area contributed by atoms with Crippen LogP contribution in [0.25, 0.3) is 27.8 Å². The Labute approximate surface area is 257 Å². The van der Waals surface area contributed by atoms with E-state index in [1.165, 1.54) is 20.3 Å². The predicted octanol–water partition coefficient (Wildman–Crippen LogP) is 5.55. The van der Waals surface area contributed by atoms with Crippen LogP contribution in [0, 0.1) is 0 Å². The third-order valence-electron chi connectivity index (χ3n) is 7.22. The molecule has 0 radical (unpaired) electrons. The molecule has 0 atom stereocenters. The molecule has 43 heavy (non-hydrogen) atoms. The number of pyridine rings is 1. The summed E-state index contributed by atoms with van der Waals surface area (Å²) in [5, 5.41) is 10.9. The molecule has 220 valence electrons. The second-order valence-electron chi connectivity index (χ2n) is 9.72. The average Bonchev–Trinajstić information content (AvgIpc) is 3.53. The molecule has 0 unspecified atom stereocenters. The molecule has 1 amide bonds. The number of imidazole rings is 1. The van der Waals surface area contributed by atoms with Crippen LogP contribution < -0.4 is 30.3 Å². The molecular weight excluding hydrogens is 591 g/mol. The van der Waals surface area contributed by atoms with Crippen LogP contribution in [0.4, 0.5) is 23.0 Å². The Morgan fingerprint density at radius 1 is 1.02 bits per heavy atom. The Morgan fingerprint density at radius 2 is 1.77 bits per heavy atom. The van der Waals surface area contributed by atoms with E-state index < -0.39 is 0 Å². The van der Waals surface area contributed by atoms with Gasteiger partial charge in [-0.3, -0.25) is 9.20 Å². The molecule has 5 aromatic rings. The molecule has 1 aliphatic rings. The lowest BCUT2D eigenvalue weighted by Gasteiger charge is -2.30. The van der Waals surface area contributed by atoms with Crippen molar-refractivity contribution < 1.29 is 14.3 Å². The number of hydrogen-bond acceptors (Lipinski definition) is 9. The molecule has 0 bridgehead atoms. The number of ether oxygens (including phenoxy) is 2. The fourth-order valence-corrected chi connectivity index (χ4v) is 5.81. The summed E-state index contributed by atoms with van der Waals surface area (Å²) >= 11 is 13.5. The second kappa shape index (κ2) is 12.0. The minimum Gasteiger partial charge on any atom is -0.495 e. The molecular formula is C30H28Cl2N8O3. The van der Waals surface area contributed by atoms with Gasteiger partial charge in [-0.2, -0.15) is 4.98 Å². The van der Waals surface area contributed by atoms with Gasteiger partial charge in [-0.05, 0) is 30.3 Å². The van der Waals surface area contributed by atoms with Crippen molar-refractivity contribution >= 4 is 68.8 Å². The first-order valence-corrected chi connectivity index (χ1v) is 14.2. The van der Waals surface area contributed by atoms with Crippen LogP contribution in [0.5, 0.6) is 11.5 Å². The number of nitrogens with one attached hydrogen (secondary N) is 3. The first-order chi connectivity index (χ1) is 20.9. The van der Waals surface area contributed by atoms with E-state index in [-0.39, 0.29) is 5.91 Å². The Balaban J connectivity index is 1.42. The molecule has 6 rings (SSSR count). The number of carbonyl (C=O) groups is 1. The Morgan fingerprint density at radius 3 is 2.47 bits per heavy atom. The fourth-order valence-electron chi connectivity index (χ4n) is 5.11. The molecule has 4 heterocycles. The lowest BCUT2D eigenvalue weighted by Crippen LogP contribution is -2.43. The van der Waals surface area contributed by atoms with Crippen molar-refractivity contribution in [2.75, 3.05) is 55.9 Å². The molecule has 0 aliphatic carbocycles. The van der Waals surface area contributed by atoms with Crippen LogP contribution in [0.15, 0.2) is 61.6 Å². The molecule has 1 aliphatic heterocycles. The third-order valence-corrected chi connectivity index (χ3v) is 7.97.